The van der Waals surface area contributed by atoms with Gasteiger partial charge in [0.2, 0.25) is 0 Å². The van der Waals surface area contributed by atoms with Crippen LogP contribution in [0, 0.1) is 0 Å². The molecular weight excluding hydrogens is 273 g/mol. The third-order valence-corrected chi connectivity index (χ3v) is 0. The molecule has 0 saturated heterocycles. The first-order valence-corrected chi connectivity index (χ1v) is 0. The summed E-state index contributed by atoms with van der Waals surface area (Å²) in [4.78, 5) is 0. The van der Waals surface area contributed by atoms with Crippen LogP contribution in [0.25, 0.3) is 0 Å². The second-order valence-corrected chi connectivity index (χ2v) is 0. The van der Waals surface area contributed by atoms with Crippen LogP contribution in [0.15, 0.2) is 0 Å². The van der Waals surface area contributed by atoms with Crippen molar-refractivity contribution in [2.45, 2.75) is 0 Å². The molecule has 0 aromatic rings. The largest absolute Gasteiger partial charge is 0.0125 e. The van der Waals surface area contributed by atoms with Crippen LogP contribution in [0.3, 0.4) is 0 Å². The van der Waals surface area contributed by atoms with Crippen molar-refractivity contribution < 1.29 is 0 Å². The van der Waals surface area contributed by atoms with Gasteiger partial charge in [0.05, 0.1) is 17.4 Å². The summed E-state index contributed by atoms with van der Waals surface area (Å²) in [6.45, 7) is 0. The molecule has 0 nitrogen and oxygen atoms in total. The smallest absolute Gasteiger partial charge is 0.0125 e. The summed E-state index contributed by atoms with van der Waals surface area (Å²) in [6, 6.07) is 0. The zero-order valence-corrected chi connectivity index (χ0v) is 11.9. The average molecular weight is 279 g/mol. The average Bonchev–Trinajstić information content (AvgIpc) is 0. The van der Waals surface area contributed by atoms with E-state index in [0.29, 0.717) is 0 Å². The molecule has 0 saturated carbocycles. The molecule has 0 bridgehead atoms. The van der Waals surface area contributed by atoms with Crippen LogP contribution in [0.4, 0.5) is 0 Å². The fraction of sp³-hybridized carbons (Fsp3) is 0. The van der Waals surface area contributed by atoms with Gasteiger partial charge >= 0.3 is 27.3 Å². The van der Waals surface area contributed by atoms with Gasteiger partial charge in [0.15, 0.2) is 0 Å². The molecular formula is H6AlBPbSi. The molecule has 0 fully saturated rings. The van der Waals surface area contributed by atoms with Crippen LogP contribution in [0.5, 0.6) is 0 Å². The standard InChI is InChI=1S/Al.B.Pb.H3Si.3H/h;;;1H3;;;. The topological polar surface area (TPSA) is 0 Å². The summed E-state index contributed by atoms with van der Waals surface area (Å²) in [6.07, 6.45) is 0. The normalized spacial score (nSPS) is 0. The van der Waals surface area contributed by atoms with Crippen molar-refractivity contribution in [2.75, 3.05) is 0 Å². The Morgan fingerprint density at radius 2 is 1.00 bits per heavy atom. The molecule has 20 valence electrons. The maximum atomic E-state index is 0. The SMILES string of the molecule is [AlH].[B].[PbH2].[SiH3]. The van der Waals surface area contributed by atoms with Gasteiger partial charge in [-0.3, -0.25) is 0 Å². The fourth-order valence-corrected chi connectivity index (χ4v) is 0. The van der Waals surface area contributed by atoms with Gasteiger partial charge in [-0.2, -0.15) is 0 Å². The predicted octanol–water partition coefficient (Wildman–Crippen LogP) is -3.13. The van der Waals surface area contributed by atoms with Gasteiger partial charge in [-0.25, -0.2) is 0 Å². The first kappa shape index (κ1) is 42.7. The van der Waals surface area contributed by atoms with Crippen LogP contribution in [0.2, 0.25) is 0 Å². The third-order valence-electron chi connectivity index (χ3n) is 0. The van der Waals surface area contributed by atoms with Crippen molar-refractivity contribution in [1.82, 2.24) is 0 Å². The molecule has 0 amide bonds. The van der Waals surface area contributed by atoms with E-state index in [1.165, 1.54) is 0 Å². The Hall–Kier alpha value is 1.74. The molecule has 8 radical (unpaired) electrons. The number of hydrogen-bond donors (Lipinski definition) is 0. The first-order valence-electron chi connectivity index (χ1n) is 0. The van der Waals surface area contributed by atoms with Crippen molar-refractivity contribution in [3.63, 3.8) is 0 Å². The Kier molecular flexibility index (Phi) is 234. The summed E-state index contributed by atoms with van der Waals surface area (Å²) in [7, 11) is 0. The van der Waals surface area contributed by atoms with Crippen molar-refractivity contribution in [3.8, 4) is 0 Å². The van der Waals surface area contributed by atoms with E-state index in [4.69, 9.17) is 0 Å². The maximum absolute atomic E-state index is 0. The van der Waals surface area contributed by atoms with E-state index in [2.05, 4.69) is 0 Å². The van der Waals surface area contributed by atoms with Crippen LogP contribution in [-0.2, 0) is 0 Å². The maximum Gasteiger partial charge on any atom is -0.0125 e. The predicted molar refractivity (Wildman–Crippen MR) is 31.4 cm³/mol. The van der Waals surface area contributed by atoms with Gasteiger partial charge in [0, 0.05) is 8.41 Å². The summed E-state index contributed by atoms with van der Waals surface area (Å²) in [5.41, 5.74) is 0. The summed E-state index contributed by atoms with van der Waals surface area (Å²) >= 11 is 0. The van der Waals surface area contributed by atoms with Gasteiger partial charge in [-0.1, -0.05) is 0 Å². The molecule has 0 N–H and O–H groups in total. The molecule has 0 aromatic heterocycles. The van der Waals surface area contributed by atoms with E-state index in [1.54, 1.807) is 0 Å². The minimum atomic E-state index is 0. The zero-order valence-electron chi connectivity index (χ0n) is 2.99. The summed E-state index contributed by atoms with van der Waals surface area (Å²) < 4.78 is 0. The molecule has 4 heavy (non-hydrogen) atoms. The van der Waals surface area contributed by atoms with Crippen molar-refractivity contribution in [1.29, 1.82) is 0 Å². The van der Waals surface area contributed by atoms with E-state index in [9.17, 15) is 0 Å². The van der Waals surface area contributed by atoms with Crippen molar-refractivity contribution in [2.24, 2.45) is 0 Å². The van der Waals surface area contributed by atoms with Crippen LogP contribution >= 0.6 is 0 Å². The quantitative estimate of drug-likeness (QED) is 0.411. The molecule has 4 heteroatoms. The molecule has 0 aliphatic rings. The van der Waals surface area contributed by atoms with Crippen molar-refractivity contribution in [3.05, 3.63) is 0 Å². The Morgan fingerprint density at radius 1 is 1.00 bits per heavy atom. The van der Waals surface area contributed by atoms with Gasteiger partial charge < -0.3 is 0 Å². The van der Waals surface area contributed by atoms with Crippen molar-refractivity contribution >= 4 is 64.0 Å². The molecule has 0 aliphatic carbocycles. The minimum absolute atomic E-state index is 0. The first-order chi connectivity index (χ1) is 0. The van der Waals surface area contributed by atoms with E-state index >= 15 is 0 Å². The van der Waals surface area contributed by atoms with Crippen LogP contribution in [0.1, 0.15) is 0 Å². The Balaban J connectivity index is 0. The number of hydrogen-bond acceptors (Lipinski definition) is 0. The monoisotopic (exact) mass is 280 g/mol. The summed E-state index contributed by atoms with van der Waals surface area (Å²) in [5, 5.41) is 0. The van der Waals surface area contributed by atoms with E-state index in [1.807, 2.05) is 0 Å². The Labute approximate surface area is 63.6 Å². The van der Waals surface area contributed by atoms with Gasteiger partial charge in [0.1, 0.15) is 0 Å². The van der Waals surface area contributed by atoms with E-state index < -0.39 is 0 Å². The fourth-order valence-electron chi connectivity index (χ4n) is 0. The molecule has 0 rings (SSSR count). The van der Waals surface area contributed by atoms with Gasteiger partial charge in [-0.15, -0.1) is 0 Å². The van der Waals surface area contributed by atoms with E-state index in [0.717, 1.165) is 0 Å². The third kappa shape index (κ3) is 9.28. The summed E-state index contributed by atoms with van der Waals surface area (Å²) in [5.74, 6) is 0. The van der Waals surface area contributed by atoms with Crippen LogP contribution in [-0.4, -0.2) is 64.0 Å². The van der Waals surface area contributed by atoms with Gasteiger partial charge in [-0.05, 0) is 11.0 Å². The van der Waals surface area contributed by atoms with E-state index in [-0.39, 0.29) is 64.0 Å². The van der Waals surface area contributed by atoms with Crippen LogP contribution < -0.4 is 0 Å². The Morgan fingerprint density at radius 3 is 1.00 bits per heavy atom. The molecule has 0 heterocycles. The minimum Gasteiger partial charge on any atom is -0.0125 e. The molecule has 0 spiro atoms. The molecule has 0 atom stereocenters. The molecule has 0 aromatic carbocycles. The number of rotatable bonds is 0. The molecule has 0 aliphatic heterocycles. The second kappa shape index (κ2) is 21.9. The second-order valence-electron chi connectivity index (χ2n) is 0. The van der Waals surface area contributed by atoms with Gasteiger partial charge in [0.25, 0.3) is 0 Å². The zero-order chi connectivity index (χ0) is 0. The molecule has 0 unspecified atom stereocenters. The Bertz CT molecular complexity index is 8.00.